The maximum atomic E-state index is 3.73. The number of thioether (sulfide) groups is 1. The lowest BCUT2D eigenvalue weighted by Gasteiger charge is -2.09. The zero-order chi connectivity index (χ0) is 10.2. The molecule has 0 radical (unpaired) electrons. The molecule has 1 aromatic carbocycles. The van der Waals surface area contributed by atoms with Crippen LogP contribution in [0.15, 0.2) is 41.8 Å². The molecule has 0 amide bonds. The van der Waals surface area contributed by atoms with Crippen LogP contribution < -0.4 is 5.32 Å². The van der Waals surface area contributed by atoms with E-state index in [1.165, 1.54) is 10.6 Å². The second-order valence-corrected chi connectivity index (χ2v) is 4.08. The van der Waals surface area contributed by atoms with Crippen molar-refractivity contribution >= 4 is 17.4 Å². The van der Waals surface area contributed by atoms with Gasteiger partial charge >= 0.3 is 0 Å². The van der Waals surface area contributed by atoms with Gasteiger partial charge in [0.25, 0.3) is 0 Å². The van der Waals surface area contributed by atoms with Crippen molar-refractivity contribution in [3.63, 3.8) is 0 Å². The Labute approximate surface area is 90.6 Å². The van der Waals surface area contributed by atoms with Crippen LogP contribution in [0.4, 0.5) is 5.69 Å². The van der Waals surface area contributed by atoms with E-state index in [1.807, 2.05) is 17.8 Å². The highest BCUT2D eigenvalue weighted by atomic mass is 32.2. The van der Waals surface area contributed by atoms with Gasteiger partial charge in [0.1, 0.15) is 0 Å². The van der Waals surface area contributed by atoms with Crippen molar-refractivity contribution < 1.29 is 0 Å². The number of hydrogen-bond acceptors (Lipinski definition) is 2. The molecule has 0 spiro atoms. The molecule has 0 saturated carbocycles. The molecule has 1 rings (SSSR count). The summed E-state index contributed by atoms with van der Waals surface area (Å²) < 4.78 is 0. The van der Waals surface area contributed by atoms with Crippen LogP contribution in [0.25, 0.3) is 0 Å². The zero-order valence-corrected chi connectivity index (χ0v) is 9.44. The van der Waals surface area contributed by atoms with Crippen molar-refractivity contribution in [1.82, 2.24) is 0 Å². The average Bonchev–Trinajstić information content (AvgIpc) is 2.24. The largest absolute Gasteiger partial charge is 0.384 e. The summed E-state index contributed by atoms with van der Waals surface area (Å²) in [5.41, 5.74) is 1.24. The third kappa shape index (κ3) is 3.46. The lowest BCUT2D eigenvalue weighted by Crippen LogP contribution is -2.00. The molecule has 0 atom stereocenters. The van der Waals surface area contributed by atoms with Crippen LogP contribution in [0.2, 0.25) is 0 Å². The highest BCUT2D eigenvalue weighted by Crippen LogP contribution is 2.26. The van der Waals surface area contributed by atoms with Crippen molar-refractivity contribution in [2.45, 2.75) is 18.2 Å². The minimum absolute atomic E-state index is 0.963. The molecule has 0 bridgehead atoms. The van der Waals surface area contributed by atoms with E-state index in [1.54, 1.807) is 0 Å². The lowest BCUT2D eigenvalue weighted by atomic mass is 10.3. The first-order chi connectivity index (χ1) is 6.88. The summed E-state index contributed by atoms with van der Waals surface area (Å²) in [5.74, 6) is 0.963. The molecule has 0 unspecified atom stereocenters. The Bertz CT molecular complexity index is 283. The summed E-state index contributed by atoms with van der Waals surface area (Å²) in [7, 11) is 0. The van der Waals surface area contributed by atoms with Gasteiger partial charge in [-0.25, -0.2) is 0 Å². The monoisotopic (exact) mass is 207 g/mol. The Kier molecular flexibility index (Phi) is 5.23. The molecule has 0 aliphatic rings. The molecule has 1 N–H and O–H groups in total. The van der Waals surface area contributed by atoms with Gasteiger partial charge in [-0.1, -0.05) is 25.1 Å². The highest BCUT2D eigenvalue weighted by Gasteiger charge is 1.99. The van der Waals surface area contributed by atoms with Crippen LogP contribution in [-0.2, 0) is 0 Å². The first kappa shape index (κ1) is 11.2. The van der Waals surface area contributed by atoms with E-state index < -0.39 is 0 Å². The molecule has 0 aliphatic carbocycles. The Morgan fingerprint density at radius 3 is 2.93 bits per heavy atom. The summed E-state index contributed by atoms with van der Waals surface area (Å²) in [4.78, 5) is 1.31. The minimum atomic E-state index is 0.963. The van der Waals surface area contributed by atoms with E-state index >= 15 is 0 Å². The van der Waals surface area contributed by atoms with Crippen molar-refractivity contribution in [2.75, 3.05) is 17.6 Å². The van der Waals surface area contributed by atoms with Crippen LogP contribution in [-0.4, -0.2) is 12.3 Å². The van der Waals surface area contributed by atoms with Crippen molar-refractivity contribution in [2.24, 2.45) is 0 Å². The van der Waals surface area contributed by atoms with E-state index in [9.17, 15) is 0 Å². The predicted molar refractivity (Wildman–Crippen MR) is 66.1 cm³/mol. The number of nitrogens with one attached hydrogen (secondary N) is 1. The molecule has 0 aromatic heterocycles. The quantitative estimate of drug-likeness (QED) is 0.562. The Morgan fingerprint density at radius 1 is 1.43 bits per heavy atom. The highest BCUT2D eigenvalue weighted by molar-refractivity contribution is 7.99. The third-order valence-corrected chi connectivity index (χ3v) is 2.88. The normalized spacial score (nSPS) is 9.79. The van der Waals surface area contributed by atoms with E-state index in [-0.39, 0.29) is 0 Å². The summed E-state index contributed by atoms with van der Waals surface area (Å²) in [6.45, 7) is 6.93. The first-order valence-electron chi connectivity index (χ1n) is 4.95. The first-order valence-corrected chi connectivity index (χ1v) is 5.93. The van der Waals surface area contributed by atoms with Crippen LogP contribution in [0.3, 0.4) is 0 Å². The molecule has 0 fully saturated rings. The summed E-state index contributed by atoms with van der Waals surface area (Å²) in [6.07, 6.45) is 3.09. The molecule has 14 heavy (non-hydrogen) atoms. The van der Waals surface area contributed by atoms with E-state index in [4.69, 9.17) is 0 Å². The number of rotatable bonds is 6. The van der Waals surface area contributed by atoms with E-state index in [0.29, 0.717) is 0 Å². The Balaban J connectivity index is 2.64. The maximum absolute atomic E-state index is 3.73. The van der Waals surface area contributed by atoms with Gasteiger partial charge in [-0.05, 0) is 18.6 Å². The lowest BCUT2D eigenvalue weighted by molar-refractivity contribution is 0.974. The van der Waals surface area contributed by atoms with Gasteiger partial charge in [0.15, 0.2) is 0 Å². The summed E-state index contributed by atoms with van der Waals surface area (Å²) >= 11 is 1.82. The molecule has 1 aromatic rings. The van der Waals surface area contributed by atoms with Gasteiger partial charge in [-0.15, -0.1) is 18.3 Å². The second kappa shape index (κ2) is 6.55. The number of hydrogen-bond donors (Lipinski definition) is 1. The van der Waals surface area contributed by atoms with Gasteiger partial charge in [0.2, 0.25) is 0 Å². The fourth-order valence-corrected chi connectivity index (χ4v) is 1.91. The second-order valence-electron chi connectivity index (χ2n) is 3.02. The number of benzene rings is 1. The molecule has 1 nitrogen and oxygen atoms in total. The van der Waals surface area contributed by atoms with Gasteiger partial charge in [-0.2, -0.15) is 0 Å². The van der Waals surface area contributed by atoms with Crippen molar-refractivity contribution in [3.8, 4) is 0 Å². The van der Waals surface area contributed by atoms with Crippen molar-refractivity contribution in [1.29, 1.82) is 0 Å². The van der Waals surface area contributed by atoms with Crippen molar-refractivity contribution in [3.05, 3.63) is 36.9 Å². The fourth-order valence-electron chi connectivity index (χ4n) is 1.15. The zero-order valence-electron chi connectivity index (χ0n) is 8.62. The van der Waals surface area contributed by atoms with Crippen LogP contribution in [0.5, 0.6) is 0 Å². The smallest absolute Gasteiger partial charge is 0.0478 e. The summed E-state index contributed by atoms with van der Waals surface area (Å²) in [6, 6.07) is 8.41. The molecular weight excluding hydrogens is 190 g/mol. The number of para-hydroxylation sites is 1. The predicted octanol–water partition coefficient (Wildman–Crippen LogP) is 3.79. The average molecular weight is 207 g/mol. The molecule has 2 heteroatoms. The van der Waals surface area contributed by atoms with E-state index in [2.05, 4.69) is 43.1 Å². The molecule has 0 aliphatic heterocycles. The van der Waals surface area contributed by atoms with Gasteiger partial charge < -0.3 is 5.32 Å². The number of anilines is 1. The Morgan fingerprint density at radius 2 is 2.21 bits per heavy atom. The molecular formula is C12H17NS. The minimum Gasteiger partial charge on any atom is -0.384 e. The van der Waals surface area contributed by atoms with Gasteiger partial charge in [0, 0.05) is 22.9 Å². The van der Waals surface area contributed by atoms with Crippen LogP contribution >= 0.6 is 11.8 Å². The Hall–Kier alpha value is -0.890. The topological polar surface area (TPSA) is 12.0 Å². The fraction of sp³-hybridized carbons (Fsp3) is 0.333. The van der Waals surface area contributed by atoms with Gasteiger partial charge in [0.05, 0.1) is 0 Å². The molecule has 76 valence electrons. The third-order valence-electron chi connectivity index (χ3n) is 1.81. The van der Waals surface area contributed by atoms with E-state index in [0.717, 1.165) is 18.7 Å². The molecule has 0 saturated heterocycles. The van der Waals surface area contributed by atoms with Gasteiger partial charge in [-0.3, -0.25) is 0 Å². The van der Waals surface area contributed by atoms with Crippen LogP contribution in [0.1, 0.15) is 13.3 Å². The van der Waals surface area contributed by atoms with Crippen LogP contribution in [0, 0.1) is 0 Å². The SMILES string of the molecule is C=CCSc1ccccc1NCCC. The standard InChI is InChI=1S/C12H17NS/c1-3-9-13-11-7-5-6-8-12(11)14-10-4-2/h4-8,13H,2-3,9-10H2,1H3. The molecule has 0 heterocycles. The summed E-state index contributed by atoms with van der Waals surface area (Å²) in [5, 5.41) is 3.42. The maximum Gasteiger partial charge on any atom is 0.0478 e.